The Bertz CT molecular complexity index is 1690. The average molecular weight is 757 g/mol. The fourth-order valence-electron chi connectivity index (χ4n) is 4.41. The van der Waals surface area contributed by atoms with Gasteiger partial charge < -0.3 is 10.2 Å². The molecule has 4 rings (SSSR count). The van der Waals surface area contributed by atoms with Gasteiger partial charge in [-0.3, -0.25) is 9.59 Å². The van der Waals surface area contributed by atoms with E-state index < -0.39 is 103 Å². The summed E-state index contributed by atoms with van der Waals surface area (Å²) in [7, 11) is 0. The van der Waals surface area contributed by atoms with E-state index in [-0.39, 0.29) is 18.5 Å². The van der Waals surface area contributed by atoms with Crippen LogP contribution in [-0.4, -0.2) is 30.7 Å². The first-order chi connectivity index (χ1) is 21.5. The van der Waals surface area contributed by atoms with Crippen molar-refractivity contribution in [2.45, 2.75) is 37.0 Å². The molecule has 4 nitrogen and oxygen atoms in total. The number of benzene rings is 3. The highest BCUT2D eigenvalue weighted by Gasteiger charge is 2.73. The van der Waals surface area contributed by atoms with Crippen LogP contribution in [0.25, 0.3) is 0 Å². The molecule has 0 aromatic heterocycles. The monoisotopic (exact) mass is 756 g/mol. The summed E-state index contributed by atoms with van der Waals surface area (Å²) < 4.78 is 191. The van der Waals surface area contributed by atoms with Gasteiger partial charge >= 0.3 is 24.2 Å². The number of carbonyl (C=O) groups excluding carboxylic acids is 2. The molecular weight excluding hydrogens is 742 g/mol. The minimum atomic E-state index is -6.78. The summed E-state index contributed by atoms with van der Waals surface area (Å²) in [5.74, 6) is -10.3. The summed E-state index contributed by atoms with van der Waals surface area (Å²) in [5, 5.41) is 1.52. The summed E-state index contributed by atoms with van der Waals surface area (Å²) in [4.78, 5) is 26.8. The number of halogens is 15. The molecule has 0 aliphatic heterocycles. The maximum Gasteiger partial charge on any atom is 0.435 e. The third-order valence-corrected chi connectivity index (χ3v) is 7.57. The molecule has 3 aromatic carbocycles. The molecule has 1 saturated carbocycles. The van der Waals surface area contributed by atoms with Gasteiger partial charge in [-0.25, -0.2) is 22.0 Å². The molecule has 0 radical (unpaired) electrons. The number of alkyl halides is 10. The van der Waals surface area contributed by atoms with E-state index in [0.29, 0.717) is 35.9 Å². The van der Waals surface area contributed by atoms with Crippen molar-refractivity contribution in [1.29, 1.82) is 0 Å². The Morgan fingerprint density at radius 2 is 1.36 bits per heavy atom. The van der Waals surface area contributed by atoms with E-state index in [2.05, 4.69) is 15.9 Å². The predicted octanol–water partition coefficient (Wildman–Crippen LogP) is 9.62. The molecule has 1 fully saturated rings. The molecule has 0 unspecified atom stereocenters. The van der Waals surface area contributed by atoms with Gasteiger partial charge in [-0.2, -0.15) is 39.5 Å². The van der Waals surface area contributed by atoms with E-state index in [9.17, 15) is 66.7 Å². The van der Waals surface area contributed by atoms with Crippen molar-refractivity contribution in [3.63, 3.8) is 0 Å². The SMILES string of the molecule is O=C(Nc1c(Br)cc(C(F)(C(F)(F)F)C(F)(F)F)cc1C(F)(F)F)c1cccc(N(CC2CC2)C(=O)c2cc(F)c(F)c(F)c2)c1F. The zero-order valence-electron chi connectivity index (χ0n) is 22.7. The third kappa shape index (κ3) is 6.89. The Balaban J connectivity index is 1.78. The smallest absolute Gasteiger partial charge is 0.320 e. The topological polar surface area (TPSA) is 49.4 Å². The first-order valence-electron chi connectivity index (χ1n) is 12.8. The minimum Gasteiger partial charge on any atom is -0.320 e. The van der Waals surface area contributed by atoms with Gasteiger partial charge in [0.1, 0.15) is 0 Å². The van der Waals surface area contributed by atoms with Crippen molar-refractivity contribution in [3.05, 3.63) is 92.5 Å². The standard InChI is InChI=1S/C28H15BrF14N2O2/c29-16-9-13(25(34,27(38,39)40)28(41,42)43)8-15(26(35,36)37)22(16)44-23(46)14-2-1-3-19(20(14)32)45(10-11-4-5-11)24(47)12-6-17(30)21(33)18(31)7-12/h1-3,6-9,11H,4-5,10H2,(H,44,46). The third-order valence-electron chi connectivity index (χ3n) is 6.94. The van der Waals surface area contributed by atoms with Crippen molar-refractivity contribution >= 4 is 39.1 Å². The zero-order chi connectivity index (χ0) is 35.4. The van der Waals surface area contributed by atoms with E-state index >= 15 is 4.39 Å². The van der Waals surface area contributed by atoms with Crippen LogP contribution in [0.5, 0.6) is 0 Å². The fraction of sp³-hybridized carbons (Fsp3) is 0.286. The summed E-state index contributed by atoms with van der Waals surface area (Å²) in [5.41, 5.74) is -15.3. The van der Waals surface area contributed by atoms with Crippen molar-refractivity contribution in [3.8, 4) is 0 Å². The lowest BCUT2D eigenvalue weighted by Crippen LogP contribution is -2.50. The van der Waals surface area contributed by atoms with Crippen molar-refractivity contribution in [1.82, 2.24) is 0 Å². The number of nitrogens with one attached hydrogen (secondary N) is 1. The summed E-state index contributed by atoms with van der Waals surface area (Å²) in [6.45, 7) is -0.296. The number of nitrogens with zero attached hydrogens (tertiary/aromatic N) is 1. The predicted molar refractivity (Wildman–Crippen MR) is 139 cm³/mol. The van der Waals surface area contributed by atoms with Crippen LogP contribution in [0.3, 0.4) is 0 Å². The normalized spacial score (nSPS) is 14.3. The molecule has 19 heteroatoms. The number of hydrogen-bond acceptors (Lipinski definition) is 2. The molecule has 1 aliphatic rings. The molecule has 2 amide bonds. The molecule has 0 saturated heterocycles. The Kier molecular flexibility index (Phi) is 9.39. The van der Waals surface area contributed by atoms with Crippen LogP contribution in [-0.2, 0) is 11.8 Å². The fourth-order valence-corrected chi connectivity index (χ4v) is 4.97. The number of carbonyl (C=O) groups is 2. The first-order valence-corrected chi connectivity index (χ1v) is 13.6. The number of hydrogen-bond donors (Lipinski definition) is 1. The van der Waals surface area contributed by atoms with Gasteiger partial charge in [0, 0.05) is 22.1 Å². The second kappa shape index (κ2) is 12.3. The molecule has 0 spiro atoms. The van der Waals surface area contributed by atoms with Gasteiger partial charge in [-0.1, -0.05) is 6.07 Å². The lowest BCUT2D eigenvalue weighted by Gasteiger charge is -2.31. The van der Waals surface area contributed by atoms with Crippen LogP contribution in [0.1, 0.15) is 44.7 Å². The Hall–Kier alpha value is -3.90. The van der Waals surface area contributed by atoms with Crippen LogP contribution in [0.15, 0.2) is 46.9 Å². The quantitative estimate of drug-likeness (QED) is 0.193. The van der Waals surface area contributed by atoms with Crippen molar-refractivity contribution in [2.24, 2.45) is 5.92 Å². The second-order valence-electron chi connectivity index (χ2n) is 10.2. The maximum atomic E-state index is 15.8. The largest absolute Gasteiger partial charge is 0.435 e. The average Bonchev–Trinajstić information content (AvgIpc) is 3.77. The van der Waals surface area contributed by atoms with Gasteiger partial charge in [-0.15, -0.1) is 0 Å². The van der Waals surface area contributed by atoms with Crippen LogP contribution < -0.4 is 10.2 Å². The Morgan fingerprint density at radius 3 is 1.85 bits per heavy atom. The zero-order valence-corrected chi connectivity index (χ0v) is 24.3. The van der Waals surface area contributed by atoms with Crippen molar-refractivity contribution in [2.75, 3.05) is 16.8 Å². The maximum absolute atomic E-state index is 15.8. The van der Waals surface area contributed by atoms with E-state index in [1.54, 1.807) is 0 Å². The van der Waals surface area contributed by atoms with Gasteiger partial charge in [-0.05, 0) is 71.1 Å². The minimum absolute atomic E-state index is 0.259. The van der Waals surface area contributed by atoms with Gasteiger partial charge in [0.25, 0.3) is 11.8 Å². The van der Waals surface area contributed by atoms with E-state index in [0.717, 1.165) is 12.1 Å². The second-order valence-corrected chi connectivity index (χ2v) is 11.1. The number of amides is 2. The molecule has 254 valence electrons. The molecule has 0 bridgehead atoms. The van der Waals surface area contributed by atoms with Gasteiger partial charge in [0.05, 0.1) is 22.5 Å². The lowest BCUT2D eigenvalue weighted by atomic mass is 9.92. The molecular formula is C28H15BrF14N2O2. The van der Waals surface area contributed by atoms with Crippen molar-refractivity contribution < 1.29 is 71.1 Å². The number of anilines is 2. The van der Waals surface area contributed by atoms with E-state index in [1.165, 1.54) is 5.32 Å². The summed E-state index contributed by atoms with van der Waals surface area (Å²) >= 11 is 2.32. The highest BCUT2D eigenvalue weighted by molar-refractivity contribution is 9.10. The number of rotatable bonds is 7. The van der Waals surface area contributed by atoms with Crippen LogP contribution in [0, 0.1) is 29.2 Å². The molecule has 1 N–H and O–H groups in total. The first kappa shape index (κ1) is 35.9. The van der Waals surface area contributed by atoms with Gasteiger partial charge in [0.2, 0.25) is 0 Å². The summed E-state index contributed by atoms with van der Waals surface area (Å²) in [6, 6.07) is 2.04. The summed E-state index contributed by atoms with van der Waals surface area (Å²) in [6.07, 6.45) is -18.3. The lowest BCUT2D eigenvalue weighted by molar-refractivity contribution is -0.348. The van der Waals surface area contributed by atoms with Crippen LogP contribution >= 0.6 is 15.9 Å². The highest BCUT2D eigenvalue weighted by Crippen LogP contribution is 2.55. The molecule has 0 heterocycles. The van der Waals surface area contributed by atoms with E-state index in [1.807, 2.05) is 0 Å². The van der Waals surface area contributed by atoms with Crippen LogP contribution in [0.2, 0.25) is 0 Å². The molecule has 47 heavy (non-hydrogen) atoms. The molecule has 1 aliphatic carbocycles. The molecule has 3 aromatic rings. The van der Waals surface area contributed by atoms with E-state index in [4.69, 9.17) is 0 Å². The highest BCUT2D eigenvalue weighted by atomic mass is 79.9. The Morgan fingerprint density at radius 1 is 0.809 bits per heavy atom. The molecule has 0 atom stereocenters. The van der Waals surface area contributed by atoms with Crippen LogP contribution in [0.4, 0.5) is 72.8 Å². The van der Waals surface area contributed by atoms with Gasteiger partial charge in [0.15, 0.2) is 23.3 Å². The Labute approximate surface area is 262 Å².